The molecule has 1 aromatic heterocycles. The van der Waals surface area contributed by atoms with Crippen molar-refractivity contribution >= 4 is 10.8 Å². The van der Waals surface area contributed by atoms with Crippen molar-refractivity contribution in [3.8, 4) is 0 Å². The van der Waals surface area contributed by atoms with E-state index in [2.05, 4.69) is 11.1 Å². The Kier molecular flexibility index (Phi) is 5.27. The average Bonchev–Trinajstić information content (AvgIpc) is 2.05. The SMILES string of the molecule is [Br-].[Zn].[c]1cncc2ccccc12. The van der Waals surface area contributed by atoms with E-state index in [0.717, 1.165) is 10.8 Å². The molecule has 2 aromatic rings. The summed E-state index contributed by atoms with van der Waals surface area (Å²) < 4.78 is 0. The number of fused-ring (bicyclic) bond motifs is 1. The molecule has 0 aliphatic heterocycles. The summed E-state index contributed by atoms with van der Waals surface area (Å²) in [6.07, 6.45) is 3.52. The van der Waals surface area contributed by atoms with Gasteiger partial charge in [0.25, 0.3) is 0 Å². The van der Waals surface area contributed by atoms with Crippen LogP contribution in [0.15, 0.2) is 36.7 Å². The van der Waals surface area contributed by atoms with Gasteiger partial charge in [-0.3, -0.25) is 4.98 Å². The van der Waals surface area contributed by atoms with E-state index in [0.29, 0.717) is 0 Å². The molecule has 0 amide bonds. The average molecular weight is 273 g/mol. The summed E-state index contributed by atoms with van der Waals surface area (Å²) in [5.74, 6) is 0. The first-order chi connectivity index (χ1) is 4.97. The normalized spacial score (nSPS) is 8.33. The van der Waals surface area contributed by atoms with Gasteiger partial charge in [0.05, 0.1) is 0 Å². The zero-order valence-electron chi connectivity index (χ0n) is 6.50. The molecule has 1 aromatic carbocycles. The van der Waals surface area contributed by atoms with E-state index in [4.69, 9.17) is 0 Å². The standard InChI is InChI=1S/C9H6N.BrH.Zn/c1-2-4-9-7-10-6-5-8(9)3-1;;/h1-4,6-7H;1H;/p-1. The van der Waals surface area contributed by atoms with Gasteiger partial charge in [-0.1, -0.05) is 24.3 Å². The Morgan fingerprint density at radius 3 is 2.67 bits per heavy atom. The number of hydrogen-bond acceptors (Lipinski definition) is 1. The van der Waals surface area contributed by atoms with Crippen LogP contribution in [0.1, 0.15) is 0 Å². The molecule has 0 saturated carbocycles. The summed E-state index contributed by atoms with van der Waals surface area (Å²) in [6, 6.07) is 11.1. The second kappa shape index (κ2) is 5.39. The van der Waals surface area contributed by atoms with Gasteiger partial charge in [-0.25, -0.2) is 0 Å². The molecular formula is C9H6BrNZn-. The Balaban J connectivity index is 0.000000605. The van der Waals surface area contributed by atoms with Crippen LogP contribution in [0.5, 0.6) is 0 Å². The smallest absolute Gasteiger partial charge is 0.0353 e. The van der Waals surface area contributed by atoms with Crippen LogP contribution in [0, 0.1) is 6.07 Å². The van der Waals surface area contributed by atoms with E-state index in [-0.39, 0.29) is 36.5 Å². The quantitative estimate of drug-likeness (QED) is 0.563. The molecule has 0 bridgehead atoms. The molecule has 1 nitrogen and oxygen atoms in total. The molecular weight excluding hydrogens is 267 g/mol. The summed E-state index contributed by atoms with van der Waals surface area (Å²) in [4.78, 5) is 3.96. The van der Waals surface area contributed by atoms with Crippen molar-refractivity contribution in [1.82, 2.24) is 4.98 Å². The maximum absolute atomic E-state index is 3.96. The second-order valence-electron chi connectivity index (χ2n) is 2.14. The maximum Gasteiger partial charge on any atom is 0.0353 e. The van der Waals surface area contributed by atoms with Crippen molar-refractivity contribution in [3.63, 3.8) is 0 Å². The van der Waals surface area contributed by atoms with Gasteiger partial charge in [0, 0.05) is 43.3 Å². The van der Waals surface area contributed by atoms with Crippen molar-refractivity contribution < 1.29 is 36.5 Å². The maximum atomic E-state index is 3.96. The minimum absolute atomic E-state index is 0. The molecule has 1 radical (unpaired) electrons. The Morgan fingerprint density at radius 1 is 1.17 bits per heavy atom. The number of aromatic nitrogens is 1. The first-order valence-corrected chi connectivity index (χ1v) is 3.17. The molecule has 0 saturated heterocycles. The van der Waals surface area contributed by atoms with Gasteiger partial charge in [-0.15, -0.1) is 0 Å². The van der Waals surface area contributed by atoms with Crippen LogP contribution < -0.4 is 17.0 Å². The molecule has 12 heavy (non-hydrogen) atoms. The number of rotatable bonds is 0. The fourth-order valence-corrected chi connectivity index (χ4v) is 0.965. The molecule has 2 rings (SSSR count). The third-order valence-electron chi connectivity index (χ3n) is 1.47. The van der Waals surface area contributed by atoms with Crippen LogP contribution in [-0.2, 0) is 19.5 Å². The van der Waals surface area contributed by atoms with E-state index in [1.54, 1.807) is 6.20 Å². The van der Waals surface area contributed by atoms with Crippen molar-refractivity contribution in [2.24, 2.45) is 0 Å². The summed E-state index contributed by atoms with van der Waals surface area (Å²) in [5.41, 5.74) is 0. The zero-order valence-corrected chi connectivity index (χ0v) is 11.0. The Morgan fingerprint density at radius 2 is 1.92 bits per heavy atom. The molecule has 0 N–H and O–H groups in total. The number of benzene rings is 1. The number of hydrogen-bond donors (Lipinski definition) is 0. The van der Waals surface area contributed by atoms with Gasteiger partial charge >= 0.3 is 0 Å². The van der Waals surface area contributed by atoms with Crippen LogP contribution in [0.2, 0.25) is 0 Å². The minimum atomic E-state index is 0. The fraction of sp³-hybridized carbons (Fsp3) is 0. The van der Waals surface area contributed by atoms with Gasteiger partial charge in [0.2, 0.25) is 0 Å². The Hall–Kier alpha value is -0.267. The topological polar surface area (TPSA) is 12.9 Å². The van der Waals surface area contributed by atoms with Gasteiger partial charge < -0.3 is 17.0 Å². The fourth-order valence-electron chi connectivity index (χ4n) is 0.965. The molecule has 0 atom stereocenters. The molecule has 0 aliphatic carbocycles. The van der Waals surface area contributed by atoms with E-state index in [9.17, 15) is 0 Å². The van der Waals surface area contributed by atoms with Crippen molar-refractivity contribution in [1.29, 1.82) is 0 Å². The van der Waals surface area contributed by atoms with Gasteiger partial charge in [-0.05, 0) is 5.39 Å². The Bertz CT molecular complexity index is 286. The van der Waals surface area contributed by atoms with Crippen molar-refractivity contribution in [3.05, 3.63) is 42.7 Å². The van der Waals surface area contributed by atoms with Gasteiger partial charge in [0.15, 0.2) is 0 Å². The first kappa shape index (κ1) is 11.7. The van der Waals surface area contributed by atoms with Crippen LogP contribution in [0.4, 0.5) is 0 Å². The molecule has 57 valence electrons. The largest absolute Gasteiger partial charge is 1.00 e. The monoisotopic (exact) mass is 271 g/mol. The van der Waals surface area contributed by atoms with Crippen LogP contribution in [-0.4, -0.2) is 4.98 Å². The van der Waals surface area contributed by atoms with E-state index in [1.165, 1.54) is 0 Å². The predicted molar refractivity (Wildman–Crippen MR) is 40.6 cm³/mol. The van der Waals surface area contributed by atoms with Gasteiger partial charge in [0.1, 0.15) is 0 Å². The van der Waals surface area contributed by atoms with Gasteiger partial charge in [-0.2, -0.15) is 0 Å². The van der Waals surface area contributed by atoms with Crippen LogP contribution >= 0.6 is 0 Å². The Labute approximate surface area is 94.7 Å². The molecule has 0 spiro atoms. The molecule has 1 heterocycles. The number of nitrogens with zero attached hydrogens (tertiary/aromatic N) is 1. The number of halogens is 1. The third kappa shape index (κ3) is 2.36. The van der Waals surface area contributed by atoms with Crippen LogP contribution in [0.3, 0.4) is 0 Å². The molecule has 0 aliphatic rings. The molecule has 0 fully saturated rings. The zero-order chi connectivity index (χ0) is 6.81. The first-order valence-electron chi connectivity index (χ1n) is 3.17. The van der Waals surface area contributed by atoms with E-state index >= 15 is 0 Å². The second-order valence-corrected chi connectivity index (χ2v) is 2.14. The summed E-state index contributed by atoms with van der Waals surface area (Å²) in [7, 11) is 0. The van der Waals surface area contributed by atoms with E-state index < -0.39 is 0 Å². The summed E-state index contributed by atoms with van der Waals surface area (Å²) >= 11 is 0. The van der Waals surface area contributed by atoms with Crippen molar-refractivity contribution in [2.45, 2.75) is 0 Å². The third-order valence-corrected chi connectivity index (χ3v) is 1.47. The minimum Gasteiger partial charge on any atom is -1.00 e. The predicted octanol–water partition coefficient (Wildman–Crippen LogP) is -0.964. The summed E-state index contributed by atoms with van der Waals surface area (Å²) in [5, 5.41) is 2.27. The summed E-state index contributed by atoms with van der Waals surface area (Å²) in [6.45, 7) is 0. The number of pyridine rings is 1. The van der Waals surface area contributed by atoms with Crippen LogP contribution in [0.25, 0.3) is 10.8 Å². The van der Waals surface area contributed by atoms with E-state index in [1.807, 2.05) is 30.5 Å². The van der Waals surface area contributed by atoms with Crippen molar-refractivity contribution in [2.75, 3.05) is 0 Å². The molecule has 0 unspecified atom stereocenters. The molecule has 3 heteroatoms.